The third-order valence-electron chi connectivity index (χ3n) is 2.83. The van der Waals surface area contributed by atoms with Gasteiger partial charge in [0.25, 0.3) is 0 Å². The van der Waals surface area contributed by atoms with Crippen molar-refractivity contribution in [2.45, 2.75) is 20.0 Å². The van der Waals surface area contributed by atoms with Crippen molar-refractivity contribution >= 4 is 5.84 Å². The second kappa shape index (κ2) is 6.63. The van der Waals surface area contributed by atoms with Gasteiger partial charge in [-0.15, -0.1) is 0 Å². The third-order valence-corrected chi connectivity index (χ3v) is 2.83. The Balaban J connectivity index is 1.88. The van der Waals surface area contributed by atoms with Gasteiger partial charge in [-0.2, -0.15) is 0 Å². The molecule has 0 radical (unpaired) electrons. The van der Waals surface area contributed by atoms with E-state index in [-0.39, 0.29) is 5.84 Å². The number of hydrogen-bond donors (Lipinski definition) is 3. The van der Waals surface area contributed by atoms with Crippen molar-refractivity contribution < 1.29 is 5.21 Å². The molecule has 0 aliphatic heterocycles. The number of hydrogen-bond acceptors (Lipinski definition) is 5. The molecule has 0 fully saturated rings. The van der Waals surface area contributed by atoms with E-state index in [2.05, 4.69) is 20.4 Å². The molecule has 1 aromatic heterocycles. The zero-order valence-electron chi connectivity index (χ0n) is 11.2. The summed E-state index contributed by atoms with van der Waals surface area (Å²) in [5.41, 5.74) is 8.28. The lowest BCUT2D eigenvalue weighted by Gasteiger charge is -2.06. The van der Waals surface area contributed by atoms with Crippen LogP contribution >= 0.6 is 0 Å². The quantitative estimate of drug-likeness (QED) is 0.328. The number of benzene rings is 1. The van der Waals surface area contributed by atoms with E-state index in [1.165, 1.54) is 0 Å². The minimum atomic E-state index is 0.112. The molecule has 2 rings (SSSR count). The highest BCUT2D eigenvalue weighted by atomic mass is 16.4. The van der Waals surface area contributed by atoms with Crippen LogP contribution in [0.15, 0.2) is 41.7 Å². The number of aromatic nitrogens is 2. The third kappa shape index (κ3) is 3.76. The van der Waals surface area contributed by atoms with Gasteiger partial charge in [-0.25, -0.2) is 9.97 Å². The molecule has 0 unspecified atom stereocenters. The molecule has 0 aliphatic rings. The Morgan fingerprint density at radius 1 is 1.25 bits per heavy atom. The largest absolute Gasteiger partial charge is 0.409 e. The van der Waals surface area contributed by atoms with Gasteiger partial charge >= 0.3 is 0 Å². The van der Waals surface area contributed by atoms with Gasteiger partial charge in [-0.05, 0) is 18.6 Å². The molecule has 1 heterocycles. The first-order valence-corrected chi connectivity index (χ1v) is 6.25. The van der Waals surface area contributed by atoms with Crippen LogP contribution in [0.5, 0.6) is 0 Å². The summed E-state index contributed by atoms with van der Waals surface area (Å²) >= 11 is 0. The molecule has 20 heavy (non-hydrogen) atoms. The van der Waals surface area contributed by atoms with E-state index in [4.69, 9.17) is 10.9 Å². The minimum absolute atomic E-state index is 0.112. The number of amidine groups is 1. The maximum absolute atomic E-state index is 8.59. The van der Waals surface area contributed by atoms with Crippen LogP contribution in [0.4, 0.5) is 0 Å². The number of aryl methyl sites for hydroxylation is 1. The zero-order chi connectivity index (χ0) is 14.4. The Morgan fingerprint density at radius 2 is 2.00 bits per heavy atom. The second-order valence-electron chi connectivity index (χ2n) is 4.38. The first kappa shape index (κ1) is 14.0. The minimum Gasteiger partial charge on any atom is -0.409 e. The Labute approximate surface area is 117 Å². The van der Waals surface area contributed by atoms with Crippen molar-refractivity contribution in [2.24, 2.45) is 10.9 Å². The van der Waals surface area contributed by atoms with Crippen molar-refractivity contribution in [2.75, 3.05) is 0 Å². The Morgan fingerprint density at radius 3 is 2.65 bits per heavy atom. The standard InChI is InChI=1S/C14H17N5O/c1-10-17-7-6-13(18-10)9-16-8-11-2-4-12(5-3-11)14(15)19-20/h2-7,16,20H,8-9H2,1H3,(H2,15,19). The van der Waals surface area contributed by atoms with E-state index in [9.17, 15) is 0 Å². The molecule has 0 saturated heterocycles. The van der Waals surface area contributed by atoms with Crippen molar-refractivity contribution in [1.82, 2.24) is 15.3 Å². The summed E-state index contributed by atoms with van der Waals surface area (Å²) in [4.78, 5) is 8.38. The van der Waals surface area contributed by atoms with Gasteiger partial charge in [0, 0.05) is 24.8 Å². The van der Waals surface area contributed by atoms with Crippen LogP contribution in [0, 0.1) is 6.92 Å². The average molecular weight is 271 g/mol. The van der Waals surface area contributed by atoms with Gasteiger partial charge < -0.3 is 16.3 Å². The molecule has 0 atom stereocenters. The van der Waals surface area contributed by atoms with Crippen molar-refractivity contribution in [3.05, 3.63) is 59.2 Å². The molecule has 6 heteroatoms. The van der Waals surface area contributed by atoms with Crippen LogP contribution < -0.4 is 11.1 Å². The topological polar surface area (TPSA) is 96.4 Å². The van der Waals surface area contributed by atoms with Crippen LogP contribution in [0.1, 0.15) is 22.6 Å². The molecule has 104 valence electrons. The highest BCUT2D eigenvalue weighted by Crippen LogP contribution is 2.04. The lowest BCUT2D eigenvalue weighted by atomic mass is 10.1. The SMILES string of the molecule is Cc1nccc(CNCc2ccc(C(N)=NO)cc2)n1. The van der Waals surface area contributed by atoms with Gasteiger partial charge in [0.15, 0.2) is 5.84 Å². The van der Waals surface area contributed by atoms with E-state index < -0.39 is 0 Å². The van der Waals surface area contributed by atoms with Gasteiger partial charge in [0.2, 0.25) is 0 Å². The number of rotatable bonds is 5. The molecule has 0 saturated carbocycles. The van der Waals surface area contributed by atoms with E-state index in [1.54, 1.807) is 6.20 Å². The van der Waals surface area contributed by atoms with Crippen LogP contribution in [-0.2, 0) is 13.1 Å². The predicted molar refractivity (Wildman–Crippen MR) is 76.3 cm³/mol. The molecule has 2 aromatic rings. The van der Waals surface area contributed by atoms with E-state index in [1.807, 2.05) is 37.3 Å². The summed E-state index contributed by atoms with van der Waals surface area (Å²) in [6.07, 6.45) is 1.76. The van der Waals surface area contributed by atoms with E-state index in [0.29, 0.717) is 12.1 Å². The van der Waals surface area contributed by atoms with Crippen LogP contribution in [0.2, 0.25) is 0 Å². The summed E-state index contributed by atoms with van der Waals surface area (Å²) < 4.78 is 0. The van der Waals surface area contributed by atoms with Gasteiger partial charge in [0.1, 0.15) is 5.82 Å². The molecule has 6 nitrogen and oxygen atoms in total. The predicted octanol–water partition coefficient (Wildman–Crippen LogP) is 1.17. The molecule has 0 amide bonds. The molecule has 0 bridgehead atoms. The summed E-state index contributed by atoms with van der Waals surface area (Å²) in [7, 11) is 0. The maximum Gasteiger partial charge on any atom is 0.170 e. The maximum atomic E-state index is 8.59. The number of oxime groups is 1. The van der Waals surface area contributed by atoms with Crippen LogP contribution in [0.25, 0.3) is 0 Å². The first-order valence-electron chi connectivity index (χ1n) is 6.25. The Kier molecular flexibility index (Phi) is 4.62. The average Bonchev–Trinajstić information content (AvgIpc) is 2.47. The van der Waals surface area contributed by atoms with Gasteiger partial charge in [0.05, 0.1) is 5.69 Å². The number of nitrogens with one attached hydrogen (secondary N) is 1. The van der Waals surface area contributed by atoms with E-state index in [0.717, 1.165) is 23.6 Å². The summed E-state index contributed by atoms with van der Waals surface area (Å²) in [6, 6.07) is 9.40. The van der Waals surface area contributed by atoms with Crippen LogP contribution in [0.3, 0.4) is 0 Å². The van der Waals surface area contributed by atoms with Gasteiger partial charge in [-0.3, -0.25) is 0 Å². The fraction of sp³-hybridized carbons (Fsp3) is 0.214. The molecular weight excluding hydrogens is 254 g/mol. The summed E-state index contributed by atoms with van der Waals surface area (Å²) in [5, 5.41) is 14.9. The Hall–Kier alpha value is -2.47. The van der Waals surface area contributed by atoms with E-state index >= 15 is 0 Å². The van der Waals surface area contributed by atoms with Gasteiger partial charge in [-0.1, -0.05) is 29.4 Å². The lowest BCUT2D eigenvalue weighted by molar-refractivity contribution is 0.318. The summed E-state index contributed by atoms with van der Waals surface area (Å²) in [5.74, 6) is 0.883. The second-order valence-corrected chi connectivity index (χ2v) is 4.38. The molecule has 1 aromatic carbocycles. The first-order chi connectivity index (χ1) is 9.69. The Bertz CT molecular complexity index is 595. The molecule has 4 N–H and O–H groups in total. The van der Waals surface area contributed by atoms with Crippen molar-refractivity contribution in [1.29, 1.82) is 0 Å². The lowest BCUT2D eigenvalue weighted by Crippen LogP contribution is -2.15. The normalized spacial score (nSPS) is 11.6. The monoisotopic (exact) mass is 271 g/mol. The van der Waals surface area contributed by atoms with Crippen LogP contribution in [-0.4, -0.2) is 21.0 Å². The molecule has 0 aliphatic carbocycles. The number of nitrogens with zero attached hydrogens (tertiary/aromatic N) is 3. The fourth-order valence-corrected chi connectivity index (χ4v) is 1.79. The molecular formula is C14H17N5O. The highest BCUT2D eigenvalue weighted by molar-refractivity contribution is 5.96. The molecule has 0 spiro atoms. The fourth-order valence-electron chi connectivity index (χ4n) is 1.79. The van der Waals surface area contributed by atoms with Crippen molar-refractivity contribution in [3.8, 4) is 0 Å². The van der Waals surface area contributed by atoms with Crippen molar-refractivity contribution in [3.63, 3.8) is 0 Å². The highest BCUT2D eigenvalue weighted by Gasteiger charge is 2.00. The smallest absolute Gasteiger partial charge is 0.170 e. The summed E-state index contributed by atoms with van der Waals surface area (Å²) in [6.45, 7) is 3.28. The number of nitrogens with two attached hydrogens (primary N) is 1. The zero-order valence-corrected chi connectivity index (χ0v) is 11.2.